The maximum absolute atomic E-state index is 12.5. The van der Waals surface area contributed by atoms with E-state index in [1.165, 1.54) is 16.7 Å². The first-order valence-corrected chi connectivity index (χ1v) is 11.2. The van der Waals surface area contributed by atoms with Crippen molar-refractivity contribution < 1.29 is 24.6 Å². The molecule has 4 rings (SSSR count). The number of carbonyl (C=O) groups excluding carboxylic acids is 2. The van der Waals surface area contributed by atoms with Crippen LogP contribution in [0.25, 0.3) is 0 Å². The monoisotopic (exact) mass is 423 g/mol. The quantitative estimate of drug-likeness (QED) is 0.546. The van der Waals surface area contributed by atoms with Gasteiger partial charge < -0.3 is 20.4 Å². The molecule has 3 saturated heterocycles. The molecule has 160 valence electrons. The average molecular weight is 424 g/mol. The van der Waals surface area contributed by atoms with E-state index in [4.69, 9.17) is 0 Å². The Kier molecular flexibility index (Phi) is 4.99. The van der Waals surface area contributed by atoms with E-state index in [-0.39, 0.29) is 46.4 Å². The molecule has 0 spiro atoms. The molecule has 0 aromatic heterocycles. The number of nitrogens with one attached hydrogen (secondary N) is 1. The Morgan fingerprint density at radius 2 is 2.10 bits per heavy atom. The Morgan fingerprint density at radius 1 is 1.41 bits per heavy atom. The molecule has 0 aliphatic carbocycles. The number of thioether (sulfide) groups is 1. The van der Waals surface area contributed by atoms with Crippen molar-refractivity contribution >= 4 is 29.5 Å². The van der Waals surface area contributed by atoms with Crippen LogP contribution in [-0.4, -0.2) is 73.4 Å². The largest absolute Gasteiger partial charge is 0.477 e. The van der Waals surface area contributed by atoms with Crippen LogP contribution < -0.4 is 5.32 Å². The zero-order valence-corrected chi connectivity index (χ0v) is 18.0. The van der Waals surface area contributed by atoms with E-state index >= 15 is 0 Å². The second-order valence-corrected chi connectivity index (χ2v) is 10.3. The number of carboxylic acid groups (broad SMARTS) is 1. The Balaban J connectivity index is 1.56. The Hall–Kier alpha value is -1.58. The zero-order chi connectivity index (χ0) is 21.2. The first-order valence-electron chi connectivity index (χ1n) is 10.3. The zero-order valence-electron chi connectivity index (χ0n) is 17.2. The van der Waals surface area contributed by atoms with Crippen molar-refractivity contribution in [3.63, 3.8) is 0 Å². The molecule has 0 bridgehead atoms. The van der Waals surface area contributed by atoms with Crippen molar-refractivity contribution in [2.45, 2.75) is 76.1 Å². The summed E-state index contributed by atoms with van der Waals surface area (Å²) in [7, 11) is 0. The number of rotatable bonds is 6. The van der Waals surface area contributed by atoms with Crippen molar-refractivity contribution in [3.05, 3.63) is 10.6 Å². The van der Waals surface area contributed by atoms with E-state index in [2.05, 4.69) is 24.1 Å². The molecule has 2 amide bonds. The van der Waals surface area contributed by atoms with E-state index in [9.17, 15) is 24.6 Å². The number of nitrogens with zero attached hydrogens (tertiary/aromatic N) is 2. The fourth-order valence-corrected chi connectivity index (χ4v) is 7.17. The minimum atomic E-state index is -1.11. The van der Waals surface area contributed by atoms with E-state index in [0.717, 1.165) is 12.8 Å². The average Bonchev–Trinajstić information content (AvgIpc) is 3.21. The van der Waals surface area contributed by atoms with Crippen LogP contribution in [0, 0.1) is 11.8 Å². The lowest BCUT2D eigenvalue weighted by atomic mass is 9.79. The second-order valence-electron chi connectivity index (χ2n) is 8.93. The van der Waals surface area contributed by atoms with Crippen LogP contribution in [0.5, 0.6) is 0 Å². The lowest BCUT2D eigenvalue weighted by Crippen LogP contribution is -2.63. The maximum atomic E-state index is 12.5. The molecule has 0 aromatic carbocycles. The minimum absolute atomic E-state index is 0.0455. The number of carbonyl (C=O) groups is 3. The van der Waals surface area contributed by atoms with E-state index in [0.29, 0.717) is 17.9 Å². The van der Waals surface area contributed by atoms with E-state index in [1.807, 2.05) is 6.92 Å². The summed E-state index contributed by atoms with van der Waals surface area (Å²) in [6, 6.07) is -0.482. The van der Waals surface area contributed by atoms with Crippen LogP contribution in [0.2, 0.25) is 0 Å². The summed E-state index contributed by atoms with van der Waals surface area (Å²) in [5.41, 5.74) is -0.297. The molecule has 4 heterocycles. The number of aliphatic hydroxyl groups excluding tert-OH is 1. The van der Waals surface area contributed by atoms with Gasteiger partial charge in [0.05, 0.1) is 29.8 Å². The molecule has 0 radical (unpaired) electrons. The molecule has 29 heavy (non-hydrogen) atoms. The van der Waals surface area contributed by atoms with Gasteiger partial charge >= 0.3 is 5.97 Å². The summed E-state index contributed by atoms with van der Waals surface area (Å²) in [6.07, 6.45) is 1.69. The van der Waals surface area contributed by atoms with Crippen molar-refractivity contribution in [1.29, 1.82) is 0 Å². The molecule has 4 aliphatic heterocycles. The van der Waals surface area contributed by atoms with Gasteiger partial charge in [-0.2, -0.15) is 0 Å². The minimum Gasteiger partial charge on any atom is -0.477 e. The number of carboxylic acids is 1. The molecule has 3 fully saturated rings. The summed E-state index contributed by atoms with van der Waals surface area (Å²) in [5.74, 6) is -2.07. The molecule has 8 nitrogen and oxygen atoms in total. The smallest absolute Gasteiger partial charge is 0.353 e. The van der Waals surface area contributed by atoms with Gasteiger partial charge in [-0.05, 0) is 26.7 Å². The third-order valence-electron chi connectivity index (χ3n) is 6.93. The van der Waals surface area contributed by atoms with Crippen LogP contribution in [0.15, 0.2) is 10.6 Å². The topological polar surface area (TPSA) is 110 Å². The van der Waals surface area contributed by atoms with Gasteiger partial charge in [-0.1, -0.05) is 20.3 Å². The highest BCUT2D eigenvalue weighted by atomic mass is 32.2. The molecule has 4 aliphatic rings. The van der Waals surface area contributed by atoms with Crippen molar-refractivity contribution in [2.24, 2.45) is 11.8 Å². The van der Waals surface area contributed by atoms with Gasteiger partial charge in [-0.15, -0.1) is 11.8 Å². The number of hydrogen-bond acceptors (Lipinski definition) is 6. The number of hydrogen-bond donors (Lipinski definition) is 3. The summed E-state index contributed by atoms with van der Waals surface area (Å²) in [6.45, 7) is 8.36. The van der Waals surface area contributed by atoms with Crippen molar-refractivity contribution in [2.75, 3.05) is 6.54 Å². The third kappa shape index (κ3) is 2.92. The highest BCUT2D eigenvalue weighted by Crippen LogP contribution is 2.52. The first-order chi connectivity index (χ1) is 13.6. The number of β-lactam (4-membered cyclic amide) rings is 1. The standard InChI is InChI=1S/C20H29N3O5S/c1-5-6-20(4)21-17(25)12-7-11(8-22(12)20)29-16-9(2)14-13(10(3)24)18(26)23(14)15(16)19(27)28/h9-14,24H,5-8H2,1-4H3,(H,21,25)(H,27,28)/t9-,10?,11?,12+,13-,14-,20-/m1/s1. The molecule has 0 saturated carbocycles. The molecule has 3 N–H and O–H groups in total. The Bertz CT molecular complexity index is 799. The van der Waals surface area contributed by atoms with Gasteiger partial charge in [0.2, 0.25) is 11.8 Å². The highest BCUT2D eigenvalue weighted by Gasteiger charge is 2.61. The van der Waals surface area contributed by atoms with Gasteiger partial charge in [0.1, 0.15) is 5.70 Å². The van der Waals surface area contributed by atoms with Crippen LogP contribution in [0.4, 0.5) is 0 Å². The van der Waals surface area contributed by atoms with Crippen LogP contribution >= 0.6 is 11.8 Å². The predicted octanol–water partition coefficient (Wildman–Crippen LogP) is 0.962. The van der Waals surface area contributed by atoms with E-state index < -0.39 is 18.0 Å². The lowest BCUT2D eigenvalue weighted by Gasteiger charge is -2.46. The predicted molar refractivity (Wildman–Crippen MR) is 108 cm³/mol. The summed E-state index contributed by atoms with van der Waals surface area (Å²) >= 11 is 1.50. The lowest BCUT2D eigenvalue weighted by molar-refractivity contribution is -0.163. The molecule has 7 atom stereocenters. The SMILES string of the molecule is CCC[C@]1(C)NC(=O)[C@@H]2CC(SC3=C(C(=O)O)N4C(=O)[C@H](C(C)O)[C@H]4[C@H]3C)CN21. The molecular formula is C20H29N3O5S. The Morgan fingerprint density at radius 3 is 2.69 bits per heavy atom. The van der Waals surface area contributed by atoms with Crippen molar-refractivity contribution in [1.82, 2.24) is 15.1 Å². The fraction of sp³-hybridized carbons (Fsp3) is 0.750. The molecule has 2 unspecified atom stereocenters. The highest BCUT2D eigenvalue weighted by molar-refractivity contribution is 8.03. The van der Waals surface area contributed by atoms with Crippen molar-refractivity contribution in [3.8, 4) is 0 Å². The van der Waals surface area contributed by atoms with Crippen LogP contribution in [0.1, 0.15) is 47.0 Å². The molecule has 0 aromatic rings. The van der Waals surface area contributed by atoms with Crippen LogP contribution in [-0.2, 0) is 14.4 Å². The molecule has 9 heteroatoms. The van der Waals surface area contributed by atoms with Gasteiger partial charge in [0.15, 0.2) is 0 Å². The van der Waals surface area contributed by atoms with Gasteiger partial charge in [-0.3, -0.25) is 14.5 Å². The number of fused-ring (bicyclic) bond motifs is 2. The summed E-state index contributed by atoms with van der Waals surface area (Å²) in [4.78, 5) is 41.2. The van der Waals surface area contributed by atoms with Gasteiger partial charge in [0.25, 0.3) is 0 Å². The maximum Gasteiger partial charge on any atom is 0.353 e. The summed E-state index contributed by atoms with van der Waals surface area (Å²) in [5, 5.41) is 23.0. The normalized spacial score (nSPS) is 40.0. The third-order valence-corrected chi connectivity index (χ3v) is 8.43. The number of amides is 2. The van der Waals surface area contributed by atoms with Gasteiger partial charge in [0, 0.05) is 22.6 Å². The number of aliphatic carboxylic acids is 1. The number of aliphatic hydroxyl groups is 1. The Labute approximate surface area is 174 Å². The fourth-order valence-electron chi connectivity index (χ4n) is 5.65. The molecular weight excluding hydrogens is 394 g/mol. The van der Waals surface area contributed by atoms with Gasteiger partial charge in [-0.25, -0.2) is 4.79 Å². The second kappa shape index (κ2) is 6.99. The first kappa shape index (κ1) is 20.7. The van der Waals surface area contributed by atoms with Crippen LogP contribution in [0.3, 0.4) is 0 Å². The van der Waals surface area contributed by atoms with E-state index in [1.54, 1.807) is 6.92 Å². The summed E-state index contributed by atoms with van der Waals surface area (Å²) < 4.78 is 0.